The second kappa shape index (κ2) is 7.42. The zero-order chi connectivity index (χ0) is 17.0. The van der Waals surface area contributed by atoms with E-state index in [1.165, 1.54) is 0 Å². The first kappa shape index (κ1) is 18.2. The van der Waals surface area contributed by atoms with Crippen LogP contribution in [0.4, 0.5) is 8.78 Å². The van der Waals surface area contributed by atoms with Crippen LogP contribution in [0.25, 0.3) is 0 Å². The van der Waals surface area contributed by atoms with Gasteiger partial charge in [-0.1, -0.05) is 29.8 Å². The number of ether oxygens (including phenoxy) is 2. The third-order valence-corrected chi connectivity index (χ3v) is 2.97. The van der Waals surface area contributed by atoms with Crippen molar-refractivity contribution in [3.8, 4) is 5.75 Å². The molecule has 0 spiro atoms. The molecule has 1 N–H and O–H groups in total. The molecule has 9 heteroatoms. The summed E-state index contributed by atoms with van der Waals surface area (Å²) in [6.07, 6.45) is -1.37. The average Bonchev–Trinajstić information content (AvgIpc) is 2.38. The highest BCUT2D eigenvalue weighted by molar-refractivity contribution is 6.37. The van der Waals surface area contributed by atoms with Crippen molar-refractivity contribution in [2.45, 2.75) is 19.6 Å². The minimum atomic E-state index is -3.14. The Labute approximate surface area is 134 Å². The van der Waals surface area contributed by atoms with E-state index in [0.29, 0.717) is 0 Å². The molecule has 1 aromatic rings. The summed E-state index contributed by atoms with van der Waals surface area (Å²) >= 11 is 11.6. The predicted octanol–water partition coefficient (Wildman–Crippen LogP) is 3.84. The standard InChI is InChI=1S/C13H10Cl2F2O5/c1-5(12(19)20)10(21-6(2)18)7-3-8(14)11(9(15)4-7)22-13(16)17/h3-4,10,13H,1H2,2H3,(H,19,20). The lowest BCUT2D eigenvalue weighted by Crippen LogP contribution is -2.16. The van der Waals surface area contributed by atoms with Crippen LogP contribution in [0.1, 0.15) is 18.6 Å². The summed E-state index contributed by atoms with van der Waals surface area (Å²) in [7, 11) is 0. The Kier molecular flexibility index (Phi) is 6.13. The first-order valence-corrected chi connectivity index (χ1v) is 6.42. The van der Waals surface area contributed by atoms with Crippen LogP contribution < -0.4 is 4.74 Å². The number of carbonyl (C=O) groups is 2. The smallest absolute Gasteiger partial charge is 0.387 e. The fourth-order valence-electron chi connectivity index (χ4n) is 1.55. The van der Waals surface area contributed by atoms with Gasteiger partial charge in [0.1, 0.15) is 0 Å². The van der Waals surface area contributed by atoms with Crippen molar-refractivity contribution in [3.63, 3.8) is 0 Å². The van der Waals surface area contributed by atoms with E-state index in [9.17, 15) is 18.4 Å². The third-order valence-electron chi connectivity index (χ3n) is 2.41. The lowest BCUT2D eigenvalue weighted by atomic mass is 10.0. The molecule has 1 unspecified atom stereocenters. The van der Waals surface area contributed by atoms with Gasteiger partial charge in [0.15, 0.2) is 11.9 Å². The monoisotopic (exact) mass is 354 g/mol. The second-order valence-corrected chi connectivity index (χ2v) is 4.83. The highest BCUT2D eigenvalue weighted by atomic mass is 35.5. The van der Waals surface area contributed by atoms with Gasteiger partial charge >= 0.3 is 18.6 Å². The van der Waals surface area contributed by atoms with Crippen LogP contribution in [-0.4, -0.2) is 23.7 Å². The van der Waals surface area contributed by atoms with E-state index in [-0.39, 0.29) is 15.6 Å². The molecule has 22 heavy (non-hydrogen) atoms. The third kappa shape index (κ3) is 4.57. The number of rotatable bonds is 6. The van der Waals surface area contributed by atoms with E-state index < -0.39 is 36.0 Å². The van der Waals surface area contributed by atoms with E-state index in [0.717, 1.165) is 19.1 Å². The van der Waals surface area contributed by atoms with Crippen LogP contribution in [0, 0.1) is 0 Å². The Bertz CT molecular complexity index is 595. The second-order valence-electron chi connectivity index (χ2n) is 4.01. The Hall–Kier alpha value is -1.86. The van der Waals surface area contributed by atoms with Crippen molar-refractivity contribution in [2.24, 2.45) is 0 Å². The molecule has 0 aliphatic heterocycles. The van der Waals surface area contributed by atoms with Crippen molar-refractivity contribution in [1.29, 1.82) is 0 Å². The fraction of sp³-hybridized carbons (Fsp3) is 0.231. The normalized spacial score (nSPS) is 11.9. The van der Waals surface area contributed by atoms with Crippen molar-refractivity contribution >= 4 is 35.1 Å². The van der Waals surface area contributed by atoms with Gasteiger partial charge in [-0.2, -0.15) is 8.78 Å². The number of carboxylic acids is 1. The highest BCUT2D eigenvalue weighted by Gasteiger charge is 2.26. The summed E-state index contributed by atoms with van der Waals surface area (Å²) in [5, 5.41) is 8.37. The van der Waals surface area contributed by atoms with Crippen LogP contribution in [0.5, 0.6) is 5.75 Å². The number of hydrogen-bond donors (Lipinski definition) is 1. The summed E-state index contributed by atoms with van der Waals surface area (Å²) in [5.74, 6) is -2.65. The van der Waals surface area contributed by atoms with Crippen LogP contribution in [0.15, 0.2) is 24.3 Å². The van der Waals surface area contributed by atoms with E-state index >= 15 is 0 Å². The lowest BCUT2D eigenvalue weighted by Gasteiger charge is -2.19. The maximum Gasteiger partial charge on any atom is 0.387 e. The summed E-state index contributed by atoms with van der Waals surface area (Å²) < 4.78 is 33.5. The molecule has 1 aromatic carbocycles. The topological polar surface area (TPSA) is 72.8 Å². The van der Waals surface area contributed by atoms with Crippen LogP contribution >= 0.6 is 23.2 Å². The van der Waals surface area contributed by atoms with Gasteiger partial charge in [-0.3, -0.25) is 4.79 Å². The number of aliphatic carboxylic acids is 1. The number of hydrogen-bond acceptors (Lipinski definition) is 4. The molecule has 0 heterocycles. The van der Waals surface area contributed by atoms with Gasteiger partial charge < -0.3 is 14.6 Å². The van der Waals surface area contributed by atoms with Gasteiger partial charge in [0.25, 0.3) is 0 Å². The molecule has 0 amide bonds. The van der Waals surface area contributed by atoms with E-state index in [1.54, 1.807) is 0 Å². The Morgan fingerprint density at radius 2 is 1.77 bits per heavy atom. The zero-order valence-corrected chi connectivity index (χ0v) is 12.6. The molecule has 0 bridgehead atoms. The Morgan fingerprint density at radius 3 is 2.14 bits per heavy atom. The quantitative estimate of drug-likeness (QED) is 0.620. The minimum absolute atomic E-state index is 0.0548. The number of benzene rings is 1. The molecule has 1 rings (SSSR count). The molecule has 0 radical (unpaired) electrons. The summed E-state index contributed by atoms with van der Waals surface area (Å²) in [5.41, 5.74) is -0.399. The van der Waals surface area contributed by atoms with Crippen molar-refractivity contribution in [2.75, 3.05) is 0 Å². The van der Waals surface area contributed by atoms with Gasteiger partial charge in [0, 0.05) is 12.5 Å². The maximum absolute atomic E-state index is 12.2. The van der Waals surface area contributed by atoms with Crippen LogP contribution in [0.2, 0.25) is 10.0 Å². The molecule has 0 saturated heterocycles. The zero-order valence-electron chi connectivity index (χ0n) is 11.1. The number of halogens is 4. The number of carboxylic acid groups (broad SMARTS) is 1. The summed E-state index contributed by atoms with van der Waals surface area (Å²) in [6.45, 7) is 1.23. The average molecular weight is 355 g/mol. The number of alkyl halides is 2. The molecule has 0 saturated carbocycles. The number of carbonyl (C=O) groups excluding carboxylic acids is 1. The minimum Gasteiger partial charge on any atom is -0.478 e. The van der Waals surface area contributed by atoms with Crippen LogP contribution in [-0.2, 0) is 14.3 Å². The molecule has 5 nitrogen and oxygen atoms in total. The Balaban J connectivity index is 3.29. The maximum atomic E-state index is 12.2. The highest BCUT2D eigenvalue weighted by Crippen LogP contribution is 2.38. The predicted molar refractivity (Wildman–Crippen MR) is 74.4 cm³/mol. The summed E-state index contributed by atoms with van der Waals surface area (Å²) in [6, 6.07) is 2.21. The van der Waals surface area contributed by atoms with Gasteiger partial charge in [-0.05, 0) is 12.1 Å². The first-order chi connectivity index (χ1) is 10.1. The first-order valence-electron chi connectivity index (χ1n) is 5.66. The molecular formula is C13H10Cl2F2O5. The molecule has 0 aliphatic carbocycles. The molecule has 0 aliphatic rings. The van der Waals surface area contributed by atoms with Crippen molar-refractivity contribution in [3.05, 3.63) is 39.9 Å². The van der Waals surface area contributed by atoms with E-state index in [1.807, 2.05) is 0 Å². The molecule has 0 fully saturated rings. The van der Waals surface area contributed by atoms with Gasteiger partial charge in [0.05, 0.1) is 15.6 Å². The Morgan fingerprint density at radius 1 is 1.27 bits per heavy atom. The lowest BCUT2D eigenvalue weighted by molar-refractivity contribution is -0.146. The van der Waals surface area contributed by atoms with Crippen molar-refractivity contribution in [1.82, 2.24) is 0 Å². The van der Waals surface area contributed by atoms with E-state index in [2.05, 4.69) is 11.3 Å². The molecule has 1 atom stereocenters. The number of esters is 1. The molecule has 120 valence electrons. The van der Waals surface area contributed by atoms with Gasteiger partial charge in [-0.15, -0.1) is 0 Å². The molecular weight excluding hydrogens is 345 g/mol. The van der Waals surface area contributed by atoms with Crippen LogP contribution in [0.3, 0.4) is 0 Å². The van der Waals surface area contributed by atoms with Gasteiger partial charge in [0.2, 0.25) is 0 Å². The summed E-state index contributed by atoms with van der Waals surface area (Å²) in [4.78, 5) is 22.1. The molecule has 0 aromatic heterocycles. The SMILES string of the molecule is C=C(C(=O)O)C(OC(C)=O)c1cc(Cl)c(OC(F)F)c(Cl)c1. The van der Waals surface area contributed by atoms with Crippen molar-refractivity contribution < 1.29 is 33.0 Å². The van der Waals surface area contributed by atoms with Gasteiger partial charge in [-0.25, -0.2) is 4.79 Å². The fourth-order valence-corrected chi connectivity index (χ4v) is 2.14. The van der Waals surface area contributed by atoms with E-state index in [4.69, 9.17) is 33.0 Å². The largest absolute Gasteiger partial charge is 0.478 e.